The Morgan fingerprint density at radius 1 is 1.47 bits per heavy atom. The summed E-state index contributed by atoms with van der Waals surface area (Å²) in [5.41, 5.74) is -0.279. The van der Waals surface area contributed by atoms with E-state index in [2.05, 4.69) is 5.32 Å². The molecule has 0 radical (unpaired) electrons. The lowest BCUT2D eigenvalue weighted by Crippen LogP contribution is -2.35. The quantitative estimate of drug-likeness (QED) is 0.830. The Morgan fingerprint density at radius 3 is 2.74 bits per heavy atom. The highest BCUT2D eigenvalue weighted by Crippen LogP contribution is 2.21. The number of benzene rings is 1. The highest BCUT2D eigenvalue weighted by molar-refractivity contribution is 5.94. The van der Waals surface area contributed by atoms with Crippen molar-refractivity contribution in [3.8, 4) is 5.75 Å². The predicted octanol–water partition coefficient (Wildman–Crippen LogP) is 1.97. The van der Waals surface area contributed by atoms with Crippen LogP contribution in [0.25, 0.3) is 0 Å². The molecule has 0 aliphatic carbocycles. The van der Waals surface area contributed by atoms with Crippen molar-refractivity contribution in [2.45, 2.75) is 20.3 Å². The second kappa shape index (κ2) is 6.52. The third-order valence-electron chi connectivity index (χ3n) is 2.94. The maximum Gasteiger partial charge on any atom is 0.254 e. The first-order chi connectivity index (χ1) is 8.91. The number of carbonyl (C=O) groups is 1. The lowest BCUT2D eigenvalue weighted by atomic mass is 9.89. The van der Waals surface area contributed by atoms with Gasteiger partial charge in [0.1, 0.15) is 0 Å². The number of aliphatic hydroxyl groups is 1. The van der Waals surface area contributed by atoms with Crippen LogP contribution in [0.3, 0.4) is 0 Å². The van der Waals surface area contributed by atoms with E-state index in [4.69, 9.17) is 9.84 Å². The first kappa shape index (κ1) is 15.4. The molecule has 1 aromatic rings. The Bertz CT molecular complexity index is 446. The molecule has 0 aliphatic rings. The van der Waals surface area contributed by atoms with Crippen molar-refractivity contribution < 1.29 is 19.0 Å². The van der Waals surface area contributed by atoms with Crippen molar-refractivity contribution >= 4 is 5.91 Å². The van der Waals surface area contributed by atoms with E-state index in [0.717, 1.165) is 0 Å². The lowest BCUT2D eigenvalue weighted by molar-refractivity contribution is 0.0923. The predicted molar refractivity (Wildman–Crippen MR) is 70.8 cm³/mol. The van der Waals surface area contributed by atoms with Gasteiger partial charge in [-0.25, -0.2) is 4.39 Å². The SMILES string of the molecule is COc1cccc(C(=O)NCC(C)(C)CCO)c1F. The van der Waals surface area contributed by atoms with Crippen LogP contribution in [-0.2, 0) is 0 Å². The van der Waals surface area contributed by atoms with Crippen LogP contribution in [0.5, 0.6) is 5.75 Å². The van der Waals surface area contributed by atoms with E-state index < -0.39 is 11.7 Å². The molecular weight excluding hydrogens is 249 g/mol. The van der Waals surface area contributed by atoms with Gasteiger partial charge in [-0.1, -0.05) is 19.9 Å². The van der Waals surface area contributed by atoms with Crippen LogP contribution in [0.4, 0.5) is 4.39 Å². The molecule has 1 rings (SSSR count). The van der Waals surface area contributed by atoms with Crippen molar-refractivity contribution in [1.29, 1.82) is 0 Å². The molecule has 5 heteroatoms. The Kier molecular flexibility index (Phi) is 5.30. The summed E-state index contributed by atoms with van der Waals surface area (Å²) in [5, 5.41) is 11.6. The van der Waals surface area contributed by atoms with Crippen molar-refractivity contribution in [1.82, 2.24) is 5.32 Å². The Labute approximate surface area is 112 Å². The van der Waals surface area contributed by atoms with Gasteiger partial charge >= 0.3 is 0 Å². The molecule has 19 heavy (non-hydrogen) atoms. The number of aliphatic hydroxyl groups excluding tert-OH is 1. The summed E-state index contributed by atoms with van der Waals surface area (Å²) < 4.78 is 18.7. The van der Waals surface area contributed by atoms with Crippen LogP contribution in [0, 0.1) is 11.2 Å². The maximum absolute atomic E-state index is 13.9. The van der Waals surface area contributed by atoms with Gasteiger partial charge in [0, 0.05) is 13.2 Å². The van der Waals surface area contributed by atoms with Crippen molar-refractivity contribution in [2.24, 2.45) is 5.41 Å². The molecule has 0 aliphatic heterocycles. The minimum absolute atomic E-state index is 0.0425. The topological polar surface area (TPSA) is 58.6 Å². The summed E-state index contributed by atoms with van der Waals surface area (Å²) in [5.74, 6) is -1.10. The van der Waals surface area contributed by atoms with Gasteiger partial charge in [-0.2, -0.15) is 0 Å². The molecule has 0 unspecified atom stereocenters. The summed E-state index contributed by atoms with van der Waals surface area (Å²) in [7, 11) is 1.35. The highest BCUT2D eigenvalue weighted by atomic mass is 19.1. The summed E-state index contributed by atoms with van der Waals surface area (Å²) in [6.07, 6.45) is 0.563. The number of carbonyl (C=O) groups excluding carboxylic acids is 1. The van der Waals surface area contributed by atoms with E-state index in [1.165, 1.54) is 19.2 Å². The van der Waals surface area contributed by atoms with Gasteiger partial charge in [0.15, 0.2) is 11.6 Å². The van der Waals surface area contributed by atoms with Gasteiger partial charge < -0.3 is 15.2 Å². The fourth-order valence-corrected chi connectivity index (χ4v) is 1.65. The van der Waals surface area contributed by atoms with Gasteiger partial charge in [-0.05, 0) is 24.0 Å². The second-order valence-electron chi connectivity index (χ2n) is 5.14. The smallest absolute Gasteiger partial charge is 0.254 e. The molecule has 0 fully saturated rings. The van der Waals surface area contributed by atoms with E-state index in [1.807, 2.05) is 13.8 Å². The average molecular weight is 269 g/mol. The minimum atomic E-state index is -0.664. The molecule has 1 aromatic carbocycles. The van der Waals surface area contributed by atoms with Gasteiger partial charge in [0.05, 0.1) is 12.7 Å². The van der Waals surface area contributed by atoms with Gasteiger partial charge in [-0.15, -0.1) is 0 Å². The van der Waals surface area contributed by atoms with E-state index in [1.54, 1.807) is 6.07 Å². The molecule has 0 aromatic heterocycles. The number of amides is 1. The molecule has 2 N–H and O–H groups in total. The van der Waals surface area contributed by atoms with Crippen LogP contribution < -0.4 is 10.1 Å². The first-order valence-electron chi connectivity index (χ1n) is 6.13. The number of rotatable bonds is 6. The zero-order chi connectivity index (χ0) is 14.5. The zero-order valence-electron chi connectivity index (χ0n) is 11.5. The Hall–Kier alpha value is -1.62. The van der Waals surface area contributed by atoms with Crippen LogP contribution >= 0.6 is 0 Å². The van der Waals surface area contributed by atoms with Crippen LogP contribution in [0.15, 0.2) is 18.2 Å². The summed E-state index contributed by atoms with van der Waals surface area (Å²) in [6.45, 7) is 4.26. The fourth-order valence-electron chi connectivity index (χ4n) is 1.65. The van der Waals surface area contributed by atoms with E-state index >= 15 is 0 Å². The monoisotopic (exact) mass is 269 g/mol. The summed E-state index contributed by atoms with van der Waals surface area (Å²) in [4.78, 5) is 11.9. The standard InChI is InChI=1S/C14H20FNO3/c1-14(2,7-8-17)9-16-13(18)10-5-4-6-11(19-3)12(10)15/h4-6,17H,7-9H2,1-3H3,(H,16,18). The second-order valence-corrected chi connectivity index (χ2v) is 5.14. The lowest BCUT2D eigenvalue weighted by Gasteiger charge is -2.23. The molecular formula is C14H20FNO3. The molecule has 0 saturated carbocycles. The van der Waals surface area contributed by atoms with E-state index in [-0.39, 0.29) is 23.3 Å². The van der Waals surface area contributed by atoms with Crippen LogP contribution in [0.2, 0.25) is 0 Å². The number of halogens is 1. The summed E-state index contributed by atoms with van der Waals surface area (Å²) >= 11 is 0. The number of hydrogen-bond acceptors (Lipinski definition) is 3. The largest absolute Gasteiger partial charge is 0.494 e. The third kappa shape index (κ3) is 4.21. The Morgan fingerprint density at radius 2 is 2.16 bits per heavy atom. The molecule has 0 atom stereocenters. The molecule has 106 valence electrons. The first-order valence-corrected chi connectivity index (χ1v) is 6.13. The molecule has 0 saturated heterocycles. The molecule has 1 amide bonds. The van der Waals surface area contributed by atoms with Gasteiger partial charge in [0.2, 0.25) is 0 Å². The molecule has 0 heterocycles. The maximum atomic E-state index is 13.9. The number of ether oxygens (including phenoxy) is 1. The van der Waals surface area contributed by atoms with Crippen LogP contribution in [-0.4, -0.2) is 31.3 Å². The van der Waals surface area contributed by atoms with Crippen LogP contribution in [0.1, 0.15) is 30.6 Å². The van der Waals surface area contributed by atoms with Gasteiger partial charge in [0.25, 0.3) is 5.91 Å². The van der Waals surface area contributed by atoms with Crippen molar-refractivity contribution in [2.75, 3.05) is 20.3 Å². The van der Waals surface area contributed by atoms with E-state index in [0.29, 0.717) is 13.0 Å². The normalized spacial score (nSPS) is 11.2. The minimum Gasteiger partial charge on any atom is -0.494 e. The fraction of sp³-hybridized carbons (Fsp3) is 0.500. The van der Waals surface area contributed by atoms with Gasteiger partial charge in [-0.3, -0.25) is 4.79 Å². The molecule has 0 bridgehead atoms. The molecule has 4 nitrogen and oxygen atoms in total. The number of methoxy groups -OCH3 is 1. The average Bonchev–Trinajstić information content (AvgIpc) is 2.36. The van der Waals surface area contributed by atoms with Crippen molar-refractivity contribution in [3.05, 3.63) is 29.6 Å². The number of nitrogens with one attached hydrogen (secondary N) is 1. The molecule has 0 spiro atoms. The summed E-state index contributed by atoms with van der Waals surface area (Å²) in [6, 6.07) is 4.43. The van der Waals surface area contributed by atoms with Crippen molar-refractivity contribution in [3.63, 3.8) is 0 Å². The third-order valence-corrected chi connectivity index (χ3v) is 2.94. The van der Waals surface area contributed by atoms with E-state index in [9.17, 15) is 9.18 Å². The highest BCUT2D eigenvalue weighted by Gasteiger charge is 2.20. The zero-order valence-corrected chi connectivity index (χ0v) is 11.5. The number of hydrogen-bond donors (Lipinski definition) is 2. The Balaban J connectivity index is 2.74.